The van der Waals surface area contributed by atoms with E-state index in [1.165, 1.54) is 24.6 Å². The average Bonchev–Trinajstić information content (AvgIpc) is 3.55. The zero-order valence-electron chi connectivity index (χ0n) is 19.4. The highest BCUT2D eigenvalue weighted by Gasteiger charge is 2.40. The van der Waals surface area contributed by atoms with Crippen molar-refractivity contribution in [1.82, 2.24) is 19.8 Å². The van der Waals surface area contributed by atoms with Gasteiger partial charge in [-0.05, 0) is 12.8 Å². The molecule has 9 nitrogen and oxygen atoms in total. The smallest absolute Gasteiger partial charge is 0.233 e. The van der Waals surface area contributed by atoms with Gasteiger partial charge in [0.25, 0.3) is 0 Å². The van der Waals surface area contributed by atoms with Crippen molar-refractivity contribution >= 4 is 41.0 Å². The largest absolute Gasteiger partial charge is 0.353 e. The Hall–Kier alpha value is -1.62. The normalized spacial score (nSPS) is 23.1. The van der Waals surface area contributed by atoms with Gasteiger partial charge in [0, 0.05) is 64.1 Å². The summed E-state index contributed by atoms with van der Waals surface area (Å²) >= 11 is 7.60. The molecule has 1 aromatic heterocycles. The second-order valence-electron chi connectivity index (χ2n) is 9.40. The molecule has 34 heavy (non-hydrogen) atoms. The first-order chi connectivity index (χ1) is 16.5. The molecule has 0 radical (unpaired) electrons. The number of ether oxygens (including phenoxy) is 2. The SMILES string of the molecule is O=C(CSc1nc(Cl)cc(N2CCN(C(=O)C3CCCC3)CC2)n1)N1CCC2(CC1)OCCO2. The Bertz CT molecular complexity index is 891. The first kappa shape index (κ1) is 24.1. The number of aromatic nitrogens is 2. The molecule has 3 aliphatic heterocycles. The molecule has 1 saturated carbocycles. The summed E-state index contributed by atoms with van der Waals surface area (Å²) in [5.41, 5.74) is 0. The van der Waals surface area contributed by atoms with E-state index in [4.69, 9.17) is 21.1 Å². The van der Waals surface area contributed by atoms with E-state index in [1.54, 1.807) is 6.07 Å². The Labute approximate surface area is 209 Å². The van der Waals surface area contributed by atoms with Crippen molar-refractivity contribution in [2.45, 2.75) is 49.5 Å². The maximum atomic E-state index is 12.7. The van der Waals surface area contributed by atoms with Crippen molar-refractivity contribution < 1.29 is 19.1 Å². The highest BCUT2D eigenvalue weighted by molar-refractivity contribution is 7.99. The number of anilines is 1. The third kappa shape index (κ3) is 5.45. The summed E-state index contributed by atoms with van der Waals surface area (Å²) in [6.07, 6.45) is 5.80. The van der Waals surface area contributed by atoms with Crippen LogP contribution >= 0.6 is 23.4 Å². The summed E-state index contributed by atoms with van der Waals surface area (Å²) in [7, 11) is 0. The van der Waals surface area contributed by atoms with Gasteiger partial charge in [0.1, 0.15) is 11.0 Å². The molecule has 4 aliphatic rings. The van der Waals surface area contributed by atoms with Gasteiger partial charge in [-0.2, -0.15) is 0 Å². The van der Waals surface area contributed by atoms with Gasteiger partial charge in [0.15, 0.2) is 10.9 Å². The van der Waals surface area contributed by atoms with E-state index in [-0.39, 0.29) is 17.6 Å². The van der Waals surface area contributed by atoms with Gasteiger partial charge in [0.05, 0.1) is 19.0 Å². The third-order valence-corrected chi connectivity index (χ3v) is 8.32. The van der Waals surface area contributed by atoms with E-state index < -0.39 is 5.79 Å². The predicted molar refractivity (Wildman–Crippen MR) is 129 cm³/mol. The molecule has 11 heteroatoms. The zero-order valence-corrected chi connectivity index (χ0v) is 21.0. The number of hydrogen-bond donors (Lipinski definition) is 0. The maximum Gasteiger partial charge on any atom is 0.233 e. The molecule has 1 aliphatic carbocycles. The first-order valence-corrected chi connectivity index (χ1v) is 13.6. The minimum Gasteiger partial charge on any atom is -0.353 e. The van der Waals surface area contributed by atoms with Gasteiger partial charge in [-0.15, -0.1) is 0 Å². The van der Waals surface area contributed by atoms with Gasteiger partial charge >= 0.3 is 0 Å². The van der Waals surface area contributed by atoms with Crippen molar-refractivity contribution in [3.05, 3.63) is 11.2 Å². The molecule has 1 aromatic rings. The molecule has 0 unspecified atom stereocenters. The zero-order chi connectivity index (χ0) is 23.5. The lowest BCUT2D eigenvalue weighted by atomic mass is 10.0. The van der Waals surface area contributed by atoms with Crippen LogP contribution in [0.15, 0.2) is 11.2 Å². The Balaban J connectivity index is 1.12. The molecule has 2 amide bonds. The van der Waals surface area contributed by atoms with E-state index in [9.17, 15) is 9.59 Å². The lowest BCUT2D eigenvalue weighted by Gasteiger charge is -2.37. The molecule has 4 heterocycles. The summed E-state index contributed by atoms with van der Waals surface area (Å²) in [6, 6.07) is 1.76. The highest BCUT2D eigenvalue weighted by Crippen LogP contribution is 2.32. The number of nitrogens with zero attached hydrogens (tertiary/aromatic N) is 5. The topological polar surface area (TPSA) is 88.1 Å². The number of thioether (sulfide) groups is 1. The number of amides is 2. The van der Waals surface area contributed by atoms with Crippen molar-refractivity contribution in [2.24, 2.45) is 5.92 Å². The maximum absolute atomic E-state index is 12.7. The molecule has 0 N–H and O–H groups in total. The van der Waals surface area contributed by atoms with Crippen molar-refractivity contribution in [3.8, 4) is 0 Å². The summed E-state index contributed by atoms with van der Waals surface area (Å²) in [5, 5.41) is 0.858. The van der Waals surface area contributed by atoms with Crippen LogP contribution in [0.1, 0.15) is 38.5 Å². The second kappa shape index (κ2) is 10.6. The van der Waals surface area contributed by atoms with E-state index in [0.29, 0.717) is 81.5 Å². The van der Waals surface area contributed by atoms with Crippen LogP contribution in [0.2, 0.25) is 5.15 Å². The predicted octanol–water partition coefficient (Wildman–Crippen LogP) is 2.43. The molecule has 0 bridgehead atoms. The Kier molecular flexibility index (Phi) is 7.48. The van der Waals surface area contributed by atoms with Gasteiger partial charge in [0.2, 0.25) is 11.8 Å². The fourth-order valence-corrected chi connectivity index (χ4v) is 6.28. The molecule has 0 atom stereocenters. The Morgan fingerprint density at radius 1 is 1.00 bits per heavy atom. The minimum atomic E-state index is -0.485. The van der Waals surface area contributed by atoms with Crippen molar-refractivity contribution in [1.29, 1.82) is 0 Å². The van der Waals surface area contributed by atoms with Gasteiger partial charge < -0.3 is 24.2 Å². The fourth-order valence-electron chi connectivity index (χ4n) is 5.30. The van der Waals surface area contributed by atoms with Crippen LogP contribution in [-0.2, 0) is 19.1 Å². The van der Waals surface area contributed by atoms with Crippen LogP contribution in [0.5, 0.6) is 0 Å². The van der Waals surface area contributed by atoms with E-state index in [2.05, 4.69) is 14.9 Å². The van der Waals surface area contributed by atoms with Crippen molar-refractivity contribution in [3.63, 3.8) is 0 Å². The summed E-state index contributed by atoms with van der Waals surface area (Å²) in [5.74, 6) is 1.10. The quantitative estimate of drug-likeness (QED) is 0.340. The lowest BCUT2D eigenvalue weighted by molar-refractivity contribution is -0.186. The molecule has 186 valence electrons. The van der Waals surface area contributed by atoms with Crippen molar-refractivity contribution in [2.75, 3.05) is 63.1 Å². The fraction of sp³-hybridized carbons (Fsp3) is 0.739. The van der Waals surface area contributed by atoms with Gasteiger partial charge in [-0.25, -0.2) is 9.97 Å². The molecule has 3 saturated heterocycles. The monoisotopic (exact) mass is 509 g/mol. The number of likely N-dealkylation sites (tertiary alicyclic amines) is 1. The number of hydrogen-bond acceptors (Lipinski definition) is 8. The highest BCUT2D eigenvalue weighted by atomic mass is 35.5. The number of halogens is 1. The molecule has 0 aromatic carbocycles. The number of piperazine rings is 1. The van der Waals surface area contributed by atoms with Crippen LogP contribution in [-0.4, -0.2) is 95.6 Å². The Morgan fingerprint density at radius 2 is 1.68 bits per heavy atom. The van der Waals surface area contributed by atoms with Gasteiger partial charge in [-0.3, -0.25) is 9.59 Å². The van der Waals surface area contributed by atoms with E-state index >= 15 is 0 Å². The van der Waals surface area contributed by atoms with Crippen LogP contribution in [0.3, 0.4) is 0 Å². The van der Waals surface area contributed by atoms with E-state index in [1.807, 2.05) is 9.80 Å². The minimum absolute atomic E-state index is 0.0574. The lowest BCUT2D eigenvalue weighted by Crippen LogP contribution is -2.50. The molecule has 5 rings (SSSR count). The second-order valence-corrected chi connectivity index (χ2v) is 10.7. The first-order valence-electron chi connectivity index (χ1n) is 12.3. The number of carbonyl (C=O) groups excluding carboxylic acids is 2. The number of carbonyl (C=O) groups is 2. The van der Waals surface area contributed by atoms with Gasteiger partial charge in [-0.1, -0.05) is 36.2 Å². The summed E-state index contributed by atoms with van der Waals surface area (Å²) < 4.78 is 11.5. The van der Waals surface area contributed by atoms with Crippen LogP contribution in [0.25, 0.3) is 0 Å². The average molecular weight is 510 g/mol. The van der Waals surface area contributed by atoms with Crippen LogP contribution < -0.4 is 4.90 Å². The van der Waals surface area contributed by atoms with Crippen LogP contribution in [0.4, 0.5) is 5.82 Å². The summed E-state index contributed by atoms with van der Waals surface area (Å²) in [6.45, 7) is 5.34. The molecular formula is C23H32ClN5O4S. The molecule has 4 fully saturated rings. The summed E-state index contributed by atoms with van der Waals surface area (Å²) in [4.78, 5) is 40.4. The van der Waals surface area contributed by atoms with Crippen LogP contribution in [0, 0.1) is 5.92 Å². The molecule has 1 spiro atoms. The van der Waals surface area contributed by atoms with E-state index in [0.717, 1.165) is 18.7 Å². The standard InChI is InChI=1S/C23H32ClN5O4S/c24-18-15-19(27-9-11-29(12-10-27)21(31)17-3-1-2-4-17)26-22(25-18)34-16-20(30)28-7-5-23(6-8-28)32-13-14-33-23/h15,17H,1-14,16H2. The number of rotatable bonds is 5. The number of piperidine rings is 1. The third-order valence-electron chi connectivity index (χ3n) is 7.30. The Morgan fingerprint density at radius 3 is 2.35 bits per heavy atom. The molecular weight excluding hydrogens is 478 g/mol.